The monoisotopic (exact) mass is 260 g/mol. The molecule has 0 bridgehead atoms. The Morgan fingerprint density at radius 2 is 2.00 bits per heavy atom. The van der Waals surface area contributed by atoms with Gasteiger partial charge in [-0.3, -0.25) is 5.32 Å². The Morgan fingerprint density at radius 1 is 1.29 bits per heavy atom. The Kier molecular flexibility index (Phi) is 5.50. The third-order valence-corrected chi connectivity index (χ3v) is 2.77. The molecular formula is C11H17ClN2O3. The van der Waals surface area contributed by atoms with Crippen LogP contribution in [-0.4, -0.2) is 35.1 Å². The first-order valence-electron chi connectivity index (χ1n) is 5.28. The van der Waals surface area contributed by atoms with Crippen LogP contribution in [-0.2, 0) is 6.42 Å². The van der Waals surface area contributed by atoms with Gasteiger partial charge in [0.25, 0.3) is 0 Å². The molecule has 96 valence electrons. The Morgan fingerprint density at radius 3 is 2.53 bits per heavy atom. The highest BCUT2D eigenvalue weighted by atomic mass is 35.5. The van der Waals surface area contributed by atoms with Gasteiger partial charge < -0.3 is 15.3 Å². The van der Waals surface area contributed by atoms with Gasteiger partial charge in [-0.25, -0.2) is 4.84 Å². The summed E-state index contributed by atoms with van der Waals surface area (Å²) in [5.74, 6) is -0.463. The second-order valence-electron chi connectivity index (χ2n) is 3.86. The van der Waals surface area contributed by atoms with E-state index in [4.69, 9.17) is 11.8 Å². The van der Waals surface area contributed by atoms with Crippen molar-refractivity contribution in [1.82, 2.24) is 10.2 Å². The standard InChI is InChI=1S/C11H17ClN2O3/c1-13-11(17)8(6-14-12)4-7-2-3-9(15)10(16)5-7/h2-3,5,8,11,13-17H,4,6H2,1H3. The molecule has 1 aromatic carbocycles. The first kappa shape index (κ1) is 14.1. The molecule has 1 aromatic rings. The minimum absolute atomic E-state index is 0.138. The molecule has 2 unspecified atom stereocenters. The predicted octanol–water partition coefficient (Wildman–Crippen LogP) is 0.538. The van der Waals surface area contributed by atoms with Crippen molar-refractivity contribution in [2.24, 2.45) is 5.92 Å². The van der Waals surface area contributed by atoms with Crippen LogP contribution in [0, 0.1) is 5.92 Å². The van der Waals surface area contributed by atoms with E-state index in [1.807, 2.05) is 0 Å². The maximum absolute atomic E-state index is 9.71. The summed E-state index contributed by atoms with van der Waals surface area (Å²) >= 11 is 5.44. The normalized spacial score (nSPS) is 14.5. The Bertz CT molecular complexity index is 363. The zero-order chi connectivity index (χ0) is 12.8. The first-order chi connectivity index (χ1) is 8.08. The van der Waals surface area contributed by atoms with Gasteiger partial charge in [0.15, 0.2) is 11.5 Å². The molecule has 0 aliphatic carbocycles. The Hall–Kier alpha value is -1.01. The number of halogens is 1. The summed E-state index contributed by atoms with van der Waals surface area (Å²) in [6, 6.07) is 4.58. The third-order valence-electron chi connectivity index (χ3n) is 2.62. The van der Waals surface area contributed by atoms with Gasteiger partial charge in [-0.15, -0.1) is 0 Å². The van der Waals surface area contributed by atoms with Crippen molar-refractivity contribution >= 4 is 11.8 Å². The fourth-order valence-electron chi connectivity index (χ4n) is 1.63. The van der Waals surface area contributed by atoms with Gasteiger partial charge >= 0.3 is 0 Å². The summed E-state index contributed by atoms with van der Waals surface area (Å²) in [6.45, 7) is 0.422. The summed E-state index contributed by atoms with van der Waals surface area (Å²) in [6.07, 6.45) is -0.174. The molecular weight excluding hydrogens is 244 g/mol. The van der Waals surface area contributed by atoms with Crippen molar-refractivity contribution in [2.45, 2.75) is 12.6 Å². The highest BCUT2D eigenvalue weighted by Crippen LogP contribution is 2.26. The van der Waals surface area contributed by atoms with Gasteiger partial charge in [0.1, 0.15) is 6.23 Å². The number of hydrogen-bond acceptors (Lipinski definition) is 5. The average molecular weight is 261 g/mol. The number of phenols is 2. The molecule has 0 radical (unpaired) electrons. The zero-order valence-electron chi connectivity index (χ0n) is 9.52. The largest absolute Gasteiger partial charge is 0.504 e. The van der Waals surface area contributed by atoms with E-state index in [0.29, 0.717) is 13.0 Å². The summed E-state index contributed by atoms with van der Waals surface area (Å²) in [5.41, 5.74) is 0.812. The maximum atomic E-state index is 9.71. The van der Waals surface area contributed by atoms with Crippen LogP contribution < -0.4 is 10.2 Å². The van der Waals surface area contributed by atoms with Crippen LogP contribution in [0.4, 0.5) is 0 Å². The molecule has 1 rings (SSSR count). The van der Waals surface area contributed by atoms with Crippen LogP contribution in [0.2, 0.25) is 0 Å². The van der Waals surface area contributed by atoms with E-state index >= 15 is 0 Å². The summed E-state index contributed by atoms with van der Waals surface area (Å²) in [4.78, 5) is 2.49. The number of rotatable bonds is 6. The number of benzene rings is 1. The molecule has 0 saturated heterocycles. The highest BCUT2D eigenvalue weighted by Gasteiger charge is 2.18. The number of aliphatic hydroxyl groups excluding tert-OH is 1. The second kappa shape index (κ2) is 6.66. The first-order valence-corrected chi connectivity index (χ1v) is 5.66. The lowest BCUT2D eigenvalue weighted by Gasteiger charge is -2.21. The maximum Gasteiger partial charge on any atom is 0.157 e. The summed E-state index contributed by atoms with van der Waals surface area (Å²) < 4.78 is 0. The van der Waals surface area contributed by atoms with E-state index in [-0.39, 0.29) is 17.4 Å². The fraction of sp³-hybridized carbons (Fsp3) is 0.455. The Balaban J connectivity index is 2.74. The van der Waals surface area contributed by atoms with E-state index in [2.05, 4.69) is 10.2 Å². The number of nitrogens with one attached hydrogen (secondary N) is 2. The lowest BCUT2D eigenvalue weighted by atomic mass is 9.97. The molecule has 0 aromatic heterocycles. The number of aromatic hydroxyl groups is 2. The molecule has 2 atom stereocenters. The van der Waals surface area contributed by atoms with Crippen LogP contribution in [0.5, 0.6) is 11.5 Å². The lowest BCUT2D eigenvalue weighted by Crippen LogP contribution is -2.38. The third kappa shape index (κ3) is 4.05. The molecule has 5 nitrogen and oxygen atoms in total. The van der Waals surface area contributed by atoms with Crippen LogP contribution in [0.1, 0.15) is 5.56 Å². The number of phenolic OH excluding ortho intramolecular Hbond substituents is 2. The topological polar surface area (TPSA) is 84.8 Å². The van der Waals surface area contributed by atoms with Crippen molar-refractivity contribution in [1.29, 1.82) is 0 Å². The SMILES string of the molecule is CNC(O)C(CNCl)Cc1ccc(O)c(O)c1. The van der Waals surface area contributed by atoms with Crippen molar-refractivity contribution in [3.05, 3.63) is 23.8 Å². The molecule has 0 spiro atoms. The van der Waals surface area contributed by atoms with Gasteiger partial charge in [0.05, 0.1) is 0 Å². The van der Waals surface area contributed by atoms with Crippen molar-refractivity contribution in [3.8, 4) is 11.5 Å². The smallest absolute Gasteiger partial charge is 0.157 e. The van der Waals surface area contributed by atoms with Gasteiger partial charge in [-0.05, 0) is 42.9 Å². The quantitative estimate of drug-likeness (QED) is 0.293. The molecule has 5 N–H and O–H groups in total. The second-order valence-corrected chi connectivity index (χ2v) is 4.13. The number of aliphatic hydroxyl groups is 1. The molecule has 0 aliphatic rings. The van der Waals surface area contributed by atoms with E-state index in [0.717, 1.165) is 5.56 Å². The number of hydrogen-bond donors (Lipinski definition) is 5. The average Bonchev–Trinajstić information content (AvgIpc) is 2.32. The summed E-state index contributed by atoms with van der Waals surface area (Å²) in [7, 11) is 1.65. The van der Waals surface area contributed by atoms with Gasteiger partial charge in [-0.1, -0.05) is 6.07 Å². The predicted molar refractivity (Wildman–Crippen MR) is 65.9 cm³/mol. The minimum atomic E-state index is -0.697. The minimum Gasteiger partial charge on any atom is -0.504 e. The van der Waals surface area contributed by atoms with Crippen LogP contribution in [0.25, 0.3) is 0 Å². The van der Waals surface area contributed by atoms with Gasteiger partial charge in [0.2, 0.25) is 0 Å². The van der Waals surface area contributed by atoms with Crippen LogP contribution in [0.3, 0.4) is 0 Å². The van der Waals surface area contributed by atoms with Crippen LogP contribution >= 0.6 is 11.8 Å². The molecule has 0 heterocycles. The summed E-state index contributed by atoms with van der Waals surface area (Å²) in [5, 5.41) is 31.0. The molecule has 0 saturated carbocycles. The molecule has 0 amide bonds. The fourth-order valence-corrected chi connectivity index (χ4v) is 1.83. The van der Waals surface area contributed by atoms with Gasteiger partial charge in [0, 0.05) is 12.5 Å². The van der Waals surface area contributed by atoms with E-state index in [1.165, 1.54) is 12.1 Å². The zero-order valence-corrected chi connectivity index (χ0v) is 10.3. The van der Waals surface area contributed by atoms with Gasteiger partial charge in [-0.2, -0.15) is 0 Å². The lowest BCUT2D eigenvalue weighted by molar-refractivity contribution is 0.0843. The Labute approximate surface area is 105 Å². The van der Waals surface area contributed by atoms with Crippen molar-refractivity contribution in [2.75, 3.05) is 13.6 Å². The van der Waals surface area contributed by atoms with Crippen molar-refractivity contribution in [3.63, 3.8) is 0 Å². The van der Waals surface area contributed by atoms with E-state index in [9.17, 15) is 15.3 Å². The highest BCUT2D eigenvalue weighted by molar-refractivity contribution is 6.13. The van der Waals surface area contributed by atoms with Crippen molar-refractivity contribution < 1.29 is 15.3 Å². The molecule has 17 heavy (non-hydrogen) atoms. The molecule has 0 aliphatic heterocycles. The molecule has 0 fully saturated rings. The van der Waals surface area contributed by atoms with Crippen LogP contribution in [0.15, 0.2) is 18.2 Å². The van der Waals surface area contributed by atoms with E-state index in [1.54, 1.807) is 13.1 Å². The molecule has 6 heteroatoms. The van der Waals surface area contributed by atoms with E-state index < -0.39 is 6.23 Å².